The van der Waals surface area contributed by atoms with Crippen molar-refractivity contribution in [3.05, 3.63) is 33.3 Å². The minimum absolute atomic E-state index is 0.00588. The van der Waals surface area contributed by atoms with Crippen LogP contribution >= 0.6 is 27.5 Å². The lowest BCUT2D eigenvalue weighted by Crippen LogP contribution is -2.07. The number of nitrogens with two attached hydrogens (primary N) is 1. The van der Waals surface area contributed by atoms with Crippen LogP contribution in [0.25, 0.3) is 0 Å². The summed E-state index contributed by atoms with van der Waals surface area (Å²) in [6.45, 7) is -0.00588. The largest absolute Gasteiger partial charge is 0.327 e. The number of alkyl halides is 1. The van der Waals surface area contributed by atoms with Crippen molar-refractivity contribution in [2.24, 2.45) is 5.73 Å². The fourth-order valence-electron chi connectivity index (χ4n) is 0.843. The Bertz CT molecular complexity index is 280. The van der Waals surface area contributed by atoms with Crippen LogP contribution in [-0.4, -0.2) is 6.54 Å². The van der Waals surface area contributed by atoms with Gasteiger partial charge in [0.2, 0.25) is 0 Å². The molecule has 1 rings (SSSR count). The summed E-state index contributed by atoms with van der Waals surface area (Å²) in [6, 6.07) is 4.91. The van der Waals surface area contributed by atoms with E-state index in [2.05, 4.69) is 15.9 Å². The van der Waals surface area contributed by atoms with Crippen LogP contribution in [0, 0.1) is 0 Å². The number of halogens is 3. The van der Waals surface area contributed by atoms with Gasteiger partial charge in [0, 0.05) is 11.0 Å². The summed E-state index contributed by atoms with van der Waals surface area (Å²) in [7, 11) is 0. The molecule has 2 N–H and O–H groups in total. The second kappa shape index (κ2) is 4.21. The summed E-state index contributed by atoms with van der Waals surface area (Å²) in [5.74, 6) is 0. The molecular weight excluding hydrogens is 244 g/mol. The van der Waals surface area contributed by atoms with Crippen molar-refractivity contribution < 1.29 is 4.39 Å². The third kappa shape index (κ3) is 2.19. The highest BCUT2D eigenvalue weighted by Crippen LogP contribution is 2.26. The average molecular weight is 253 g/mol. The molecule has 0 aliphatic carbocycles. The number of hydrogen-bond donors (Lipinski definition) is 1. The molecule has 0 saturated carbocycles. The van der Waals surface area contributed by atoms with Gasteiger partial charge in [-0.15, -0.1) is 0 Å². The van der Waals surface area contributed by atoms with Crippen LogP contribution in [0.5, 0.6) is 0 Å². The molecule has 0 aliphatic rings. The first-order valence-corrected chi connectivity index (χ1v) is 4.61. The highest BCUT2D eigenvalue weighted by molar-refractivity contribution is 9.10. The van der Waals surface area contributed by atoms with Crippen LogP contribution in [-0.2, 0) is 0 Å². The molecule has 0 spiro atoms. The maximum absolute atomic E-state index is 13.0. The lowest BCUT2D eigenvalue weighted by molar-refractivity contribution is 0.353. The van der Waals surface area contributed by atoms with Gasteiger partial charge in [0.15, 0.2) is 0 Å². The van der Waals surface area contributed by atoms with Gasteiger partial charge in [0.1, 0.15) is 6.17 Å². The monoisotopic (exact) mass is 251 g/mol. The van der Waals surface area contributed by atoms with Crippen LogP contribution < -0.4 is 5.73 Å². The van der Waals surface area contributed by atoms with Crippen molar-refractivity contribution in [3.63, 3.8) is 0 Å². The second-order valence-corrected chi connectivity index (χ2v) is 3.64. The Morgan fingerprint density at radius 2 is 2.25 bits per heavy atom. The zero-order valence-electron chi connectivity index (χ0n) is 6.23. The second-order valence-electron chi connectivity index (χ2n) is 2.38. The van der Waals surface area contributed by atoms with E-state index in [9.17, 15) is 4.39 Å². The van der Waals surface area contributed by atoms with Gasteiger partial charge in [-0.1, -0.05) is 17.7 Å². The summed E-state index contributed by atoms with van der Waals surface area (Å²) in [5.41, 5.74) is 5.72. The number of hydrogen-bond acceptors (Lipinski definition) is 1. The zero-order chi connectivity index (χ0) is 9.14. The Kier molecular flexibility index (Phi) is 3.50. The van der Waals surface area contributed by atoms with Crippen LogP contribution in [0.1, 0.15) is 11.7 Å². The SMILES string of the molecule is NCC(F)c1ccc(Cl)c(Br)c1. The van der Waals surface area contributed by atoms with Gasteiger partial charge in [0.05, 0.1) is 5.02 Å². The molecule has 0 aliphatic heterocycles. The predicted octanol–water partition coefficient (Wildman–Crippen LogP) is 3.07. The quantitative estimate of drug-likeness (QED) is 0.860. The van der Waals surface area contributed by atoms with E-state index in [1.54, 1.807) is 18.2 Å². The standard InChI is InChI=1S/C8H8BrClFN/c9-6-3-5(8(11)4-12)1-2-7(6)10/h1-3,8H,4,12H2. The first-order chi connectivity index (χ1) is 5.65. The minimum Gasteiger partial charge on any atom is -0.327 e. The Labute approximate surface area is 83.8 Å². The van der Waals surface area contributed by atoms with Crippen molar-refractivity contribution in [1.82, 2.24) is 0 Å². The van der Waals surface area contributed by atoms with Crippen molar-refractivity contribution in [3.8, 4) is 0 Å². The smallest absolute Gasteiger partial charge is 0.137 e. The third-order valence-corrected chi connectivity index (χ3v) is 2.73. The van der Waals surface area contributed by atoms with Crippen LogP contribution in [0.4, 0.5) is 4.39 Å². The Balaban J connectivity index is 2.96. The highest BCUT2D eigenvalue weighted by Gasteiger charge is 2.08. The fraction of sp³-hybridized carbons (Fsp3) is 0.250. The molecule has 12 heavy (non-hydrogen) atoms. The van der Waals surface area contributed by atoms with Gasteiger partial charge in [-0.3, -0.25) is 0 Å². The topological polar surface area (TPSA) is 26.0 Å². The molecule has 1 aromatic carbocycles. The van der Waals surface area contributed by atoms with E-state index in [-0.39, 0.29) is 6.54 Å². The van der Waals surface area contributed by atoms with E-state index in [1.165, 1.54) is 0 Å². The summed E-state index contributed by atoms with van der Waals surface area (Å²) < 4.78 is 13.7. The Morgan fingerprint density at radius 1 is 1.58 bits per heavy atom. The summed E-state index contributed by atoms with van der Waals surface area (Å²) in [4.78, 5) is 0. The fourth-order valence-corrected chi connectivity index (χ4v) is 1.36. The maximum atomic E-state index is 13.0. The summed E-state index contributed by atoms with van der Waals surface area (Å²) in [5, 5.41) is 0.572. The van der Waals surface area contributed by atoms with Crippen LogP contribution in [0.15, 0.2) is 22.7 Å². The van der Waals surface area contributed by atoms with Crippen molar-refractivity contribution in [2.75, 3.05) is 6.54 Å². The lowest BCUT2D eigenvalue weighted by atomic mass is 10.1. The first-order valence-electron chi connectivity index (χ1n) is 3.44. The minimum atomic E-state index is -1.11. The molecule has 0 bridgehead atoms. The normalized spacial score (nSPS) is 13.0. The van der Waals surface area contributed by atoms with E-state index >= 15 is 0 Å². The molecular formula is C8H8BrClFN. The molecule has 0 amide bonds. The molecule has 4 heteroatoms. The summed E-state index contributed by atoms with van der Waals surface area (Å²) in [6.07, 6.45) is -1.11. The molecule has 0 heterocycles. The summed E-state index contributed by atoms with van der Waals surface area (Å²) >= 11 is 8.93. The maximum Gasteiger partial charge on any atom is 0.137 e. The molecule has 66 valence electrons. The molecule has 1 unspecified atom stereocenters. The zero-order valence-corrected chi connectivity index (χ0v) is 8.57. The van der Waals surface area contributed by atoms with Gasteiger partial charge in [-0.2, -0.15) is 0 Å². The van der Waals surface area contributed by atoms with E-state index in [1.807, 2.05) is 0 Å². The predicted molar refractivity (Wildman–Crippen MR) is 52.1 cm³/mol. The van der Waals surface area contributed by atoms with Gasteiger partial charge in [0.25, 0.3) is 0 Å². The molecule has 1 nitrogen and oxygen atoms in total. The third-order valence-electron chi connectivity index (χ3n) is 1.51. The molecule has 0 radical (unpaired) electrons. The first kappa shape index (κ1) is 9.96. The van der Waals surface area contributed by atoms with E-state index < -0.39 is 6.17 Å². The Morgan fingerprint density at radius 3 is 2.75 bits per heavy atom. The van der Waals surface area contributed by atoms with Crippen molar-refractivity contribution in [1.29, 1.82) is 0 Å². The average Bonchev–Trinajstić information content (AvgIpc) is 2.08. The van der Waals surface area contributed by atoms with Gasteiger partial charge in [-0.25, -0.2) is 4.39 Å². The molecule has 0 aromatic heterocycles. The van der Waals surface area contributed by atoms with Crippen LogP contribution in [0.2, 0.25) is 5.02 Å². The number of rotatable bonds is 2. The Hall–Kier alpha value is -0.120. The number of benzene rings is 1. The van der Waals surface area contributed by atoms with Crippen molar-refractivity contribution >= 4 is 27.5 Å². The van der Waals surface area contributed by atoms with E-state index in [0.29, 0.717) is 15.1 Å². The van der Waals surface area contributed by atoms with Gasteiger partial charge in [-0.05, 0) is 33.6 Å². The van der Waals surface area contributed by atoms with Gasteiger partial charge < -0.3 is 5.73 Å². The molecule has 1 aromatic rings. The van der Waals surface area contributed by atoms with Gasteiger partial charge >= 0.3 is 0 Å². The highest BCUT2D eigenvalue weighted by atomic mass is 79.9. The van der Waals surface area contributed by atoms with E-state index in [4.69, 9.17) is 17.3 Å². The van der Waals surface area contributed by atoms with E-state index in [0.717, 1.165) is 0 Å². The molecule has 0 saturated heterocycles. The molecule has 0 fully saturated rings. The van der Waals surface area contributed by atoms with Crippen LogP contribution in [0.3, 0.4) is 0 Å². The van der Waals surface area contributed by atoms with Crippen molar-refractivity contribution in [2.45, 2.75) is 6.17 Å². The molecule has 1 atom stereocenters. The lowest BCUT2D eigenvalue weighted by Gasteiger charge is -2.06.